The van der Waals surface area contributed by atoms with Gasteiger partial charge < -0.3 is 15.7 Å². The van der Waals surface area contributed by atoms with Crippen molar-refractivity contribution in [1.82, 2.24) is 5.32 Å². The van der Waals surface area contributed by atoms with Gasteiger partial charge in [0.2, 0.25) is 0 Å². The first-order chi connectivity index (χ1) is 9.55. The third kappa shape index (κ3) is 5.97. The summed E-state index contributed by atoms with van der Waals surface area (Å²) in [5, 5.41) is 14.2. The van der Waals surface area contributed by atoms with Gasteiger partial charge in [0.1, 0.15) is 0 Å². The maximum atomic E-state index is 11.8. The van der Waals surface area contributed by atoms with Gasteiger partial charge in [-0.05, 0) is 36.9 Å². The average Bonchev–Trinajstić information content (AvgIpc) is 2.39. The molecule has 0 fully saturated rings. The van der Waals surface area contributed by atoms with Gasteiger partial charge in [0, 0.05) is 16.6 Å². The van der Waals surface area contributed by atoms with Crippen LogP contribution in [0.15, 0.2) is 29.2 Å². The van der Waals surface area contributed by atoms with Gasteiger partial charge in [0.15, 0.2) is 0 Å². The molecule has 3 N–H and O–H groups in total. The summed E-state index contributed by atoms with van der Waals surface area (Å²) in [4.78, 5) is 23.7. The molecular weight excluding hydrogens is 276 g/mol. The molecule has 6 heteroatoms. The number of carbonyl (C=O) groups is 2. The molecule has 1 aromatic rings. The molecule has 20 heavy (non-hydrogen) atoms. The summed E-state index contributed by atoms with van der Waals surface area (Å²) in [6.07, 6.45) is 3.38. The molecule has 0 aliphatic rings. The molecule has 0 spiro atoms. The maximum Gasteiger partial charge on any atom is 0.319 e. The smallest absolute Gasteiger partial charge is 0.319 e. The molecule has 5 nitrogen and oxygen atoms in total. The summed E-state index contributed by atoms with van der Waals surface area (Å²) in [6, 6.07) is 6.75. The first-order valence-electron chi connectivity index (χ1n) is 6.48. The Kier molecular flexibility index (Phi) is 6.93. The minimum Gasteiger partial charge on any atom is -0.481 e. The number of carbonyl (C=O) groups excluding carboxylic acids is 1. The molecule has 2 amide bonds. The highest BCUT2D eigenvalue weighted by atomic mass is 32.2. The molecule has 0 aliphatic heterocycles. The van der Waals surface area contributed by atoms with Crippen molar-refractivity contribution in [2.24, 2.45) is 0 Å². The monoisotopic (exact) mass is 296 g/mol. The van der Waals surface area contributed by atoms with Crippen molar-refractivity contribution in [3.63, 3.8) is 0 Å². The van der Waals surface area contributed by atoms with E-state index >= 15 is 0 Å². The lowest BCUT2D eigenvalue weighted by Gasteiger charge is -2.16. The van der Waals surface area contributed by atoms with Crippen LogP contribution in [0.2, 0.25) is 0 Å². The number of aliphatic carboxylic acids is 1. The molecule has 1 rings (SSSR count). The summed E-state index contributed by atoms with van der Waals surface area (Å²) in [6.45, 7) is 1.95. The van der Waals surface area contributed by atoms with E-state index < -0.39 is 5.97 Å². The number of rotatable bonds is 7. The van der Waals surface area contributed by atoms with Crippen LogP contribution in [0, 0.1) is 0 Å². The lowest BCUT2D eigenvalue weighted by atomic mass is 10.1. The number of nitrogens with one attached hydrogen (secondary N) is 2. The summed E-state index contributed by atoms with van der Waals surface area (Å²) in [5.74, 6) is -0.909. The summed E-state index contributed by atoms with van der Waals surface area (Å²) in [7, 11) is 0. The van der Waals surface area contributed by atoms with E-state index in [0.29, 0.717) is 12.1 Å². The fourth-order valence-corrected chi connectivity index (χ4v) is 2.22. The van der Waals surface area contributed by atoms with E-state index in [2.05, 4.69) is 10.6 Å². The van der Waals surface area contributed by atoms with Gasteiger partial charge in [-0.1, -0.05) is 13.3 Å². The fourth-order valence-electron chi connectivity index (χ4n) is 1.81. The van der Waals surface area contributed by atoms with Crippen molar-refractivity contribution in [3.05, 3.63) is 24.3 Å². The SMILES string of the molecule is CCCC(CC(=O)O)NC(=O)Nc1ccc(SC)cc1. The molecule has 0 bridgehead atoms. The molecule has 0 saturated carbocycles. The Morgan fingerprint density at radius 3 is 2.45 bits per heavy atom. The van der Waals surface area contributed by atoms with E-state index in [0.717, 1.165) is 11.3 Å². The molecule has 0 saturated heterocycles. The maximum absolute atomic E-state index is 11.8. The van der Waals surface area contributed by atoms with Crippen molar-refractivity contribution in [3.8, 4) is 0 Å². The average molecular weight is 296 g/mol. The van der Waals surface area contributed by atoms with Crippen molar-refractivity contribution in [2.45, 2.75) is 37.1 Å². The minimum absolute atomic E-state index is 0.0628. The van der Waals surface area contributed by atoms with Crippen molar-refractivity contribution in [2.75, 3.05) is 11.6 Å². The van der Waals surface area contributed by atoms with Crippen LogP contribution in [0.3, 0.4) is 0 Å². The number of hydrogen-bond donors (Lipinski definition) is 3. The Morgan fingerprint density at radius 1 is 1.30 bits per heavy atom. The Bertz CT molecular complexity index is 448. The van der Waals surface area contributed by atoms with E-state index in [-0.39, 0.29) is 18.5 Å². The minimum atomic E-state index is -0.909. The number of carboxylic acid groups (broad SMARTS) is 1. The second kappa shape index (κ2) is 8.47. The zero-order valence-electron chi connectivity index (χ0n) is 11.7. The van der Waals surface area contributed by atoms with Crippen LogP contribution in [-0.4, -0.2) is 29.4 Å². The van der Waals surface area contributed by atoms with E-state index in [1.54, 1.807) is 11.8 Å². The molecule has 110 valence electrons. The molecule has 1 unspecified atom stereocenters. The van der Waals surface area contributed by atoms with E-state index in [9.17, 15) is 9.59 Å². The van der Waals surface area contributed by atoms with Crippen LogP contribution < -0.4 is 10.6 Å². The summed E-state index contributed by atoms with van der Waals surface area (Å²) in [5.41, 5.74) is 0.686. The number of anilines is 1. The second-order valence-corrected chi connectivity index (χ2v) is 5.29. The zero-order chi connectivity index (χ0) is 15.0. The van der Waals surface area contributed by atoms with Crippen LogP contribution in [-0.2, 0) is 4.79 Å². The van der Waals surface area contributed by atoms with Gasteiger partial charge in [0.05, 0.1) is 6.42 Å². The molecule has 1 aromatic carbocycles. The third-order valence-electron chi connectivity index (χ3n) is 2.74. The lowest BCUT2D eigenvalue weighted by Crippen LogP contribution is -2.39. The van der Waals surface area contributed by atoms with Crippen LogP contribution in [0.4, 0.5) is 10.5 Å². The largest absolute Gasteiger partial charge is 0.481 e. The number of carboxylic acids is 1. The topological polar surface area (TPSA) is 78.4 Å². The number of benzene rings is 1. The molecule has 0 radical (unpaired) electrons. The second-order valence-electron chi connectivity index (χ2n) is 4.41. The van der Waals surface area contributed by atoms with E-state index in [1.165, 1.54) is 0 Å². The van der Waals surface area contributed by atoms with Crippen molar-refractivity contribution in [1.29, 1.82) is 0 Å². The highest BCUT2D eigenvalue weighted by Gasteiger charge is 2.15. The molecule has 0 aromatic heterocycles. The quantitative estimate of drug-likeness (QED) is 0.675. The number of urea groups is 1. The van der Waals surface area contributed by atoms with Gasteiger partial charge in [-0.3, -0.25) is 4.79 Å². The highest BCUT2D eigenvalue weighted by Crippen LogP contribution is 2.17. The third-order valence-corrected chi connectivity index (χ3v) is 3.48. The molecule has 0 aliphatic carbocycles. The molecule has 1 atom stereocenters. The van der Waals surface area contributed by atoms with Gasteiger partial charge in [-0.15, -0.1) is 11.8 Å². The van der Waals surface area contributed by atoms with Crippen LogP contribution in [0.25, 0.3) is 0 Å². The highest BCUT2D eigenvalue weighted by molar-refractivity contribution is 7.98. The zero-order valence-corrected chi connectivity index (χ0v) is 12.5. The van der Waals surface area contributed by atoms with Gasteiger partial charge in [-0.2, -0.15) is 0 Å². The lowest BCUT2D eigenvalue weighted by molar-refractivity contribution is -0.137. The number of amides is 2. The molecule has 0 heterocycles. The van der Waals surface area contributed by atoms with Gasteiger partial charge in [-0.25, -0.2) is 4.79 Å². The van der Waals surface area contributed by atoms with Crippen molar-refractivity contribution < 1.29 is 14.7 Å². The summed E-state index contributed by atoms with van der Waals surface area (Å²) >= 11 is 1.63. The van der Waals surface area contributed by atoms with Gasteiger partial charge >= 0.3 is 12.0 Å². The Labute approximate surface area is 123 Å². The van der Waals surface area contributed by atoms with E-state index in [1.807, 2.05) is 37.4 Å². The predicted octanol–water partition coefficient (Wildman–Crippen LogP) is 3.17. The standard InChI is InChI=1S/C14H20N2O3S/c1-3-4-11(9-13(17)18)16-14(19)15-10-5-7-12(20-2)8-6-10/h5-8,11H,3-4,9H2,1-2H3,(H,17,18)(H2,15,16,19). The van der Waals surface area contributed by atoms with Crippen LogP contribution in [0.1, 0.15) is 26.2 Å². The van der Waals surface area contributed by atoms with Crippen LogP contribution in [0.5, 0.6) is 0 Å². The Morgan fingerprint density at radius 2 is 1.95 bits per heavy atom. The van der Waals surface area contributed by atoms with Crippen molar-refractivity contribution >= 4 is 29.4 Å². The fraction of sp³-hybridized carbons (Fsp3) is 0.429. The predicted molar refractivity (Wildman–Crippen MR) is 81.3 cm³/mol. The first-order valence-corrected chi connectivity index (χ1v) is 7.71. The normalized spacial score (nSPS) is 11.7. The first kappa shape index (κ1) is 16.4. The number of thioether (sulfide) groups is 1. The molecular formula is C14H20N2O3S. The Hall–Kier alpha value is -1.69. The van der Waals surface area contributed by atoms with Gasteiger partial charge in [0.25, 0.3) is 0 Å². The van der Waals surface area contributed by atoms with Crippen LogP contribution >= 0.6 is 11.8 Å². The Balaban J connectivity index is 2.53. The summed E-state index contributed by atoms with van der Waals surface area (Å²) < 4.78 is 0. The number of hydrogen-bond acceptors (Lipinski definition) is 3. The van der Waals surface area contributed by atoms with E-state index in [4.69, 9.17) is 5.11 Å².